The molecule has 0 aromatic heterocycles. The van der Waals surface area contributed by atoms with Crippen molar-refractivity contribution in [2.24, 2.45) is 0 Å². The number of carboxylic acids is 1. The van der Waals surface area contributed by atoms with Crippen molar-refractivity contribution in [3.8, 4) is 0 Å². The Morgan fingerprint density at radius 2 is 2.10 bits per heavy atom. The van der Waals surface area contributed by atoms with Crippen molar-refractivity contribution in [2.45, 2.75) is 43.5 Å². The molecule has 1 aromatic carbocycles. The molecule has 0 saturated carbocycles. The number of amides is 1. The first-order valence-electron chi connectivity index (χ1n) is 6.94. The summed E-state index contributed by atoms with van der Waals surface area (Å²) in [5, 5.41) is 12.3. The quantitative estimate of drug-likeness (QED) is 0.679. The number of hydrogen-bond acceptors (Lipinski definition) is 3. The molecular weight excluding hydrogens is 310 g/mol. The Kier molecular flexibility index (Phi) is 8.23. The number of rotatable bonds is 9. The number of hydrogen-bond donors (Lipinski definition) is 2. The zero-order valence-corrected chi connectivity index (χ0v) is 13.5. The van der Waals surface area contributed by atoms with Gasteiger partial charge in [-0.1, -0.05) is 43.5 Å². The zero-order valence-electron chi connectivity index (χ0n) is 12.0. The highest BCUT2D eigenvalue weighted by Gasteiger charge is 2.18. The Morgan fingerprint density at radius 1 is 1.38 bits per heavy atom. The number of aliphatic carboxylic acids is 1. The highest BCUT2D eigenvalue weighted by atomic mass is 35.5. The topological polar surface area (TPSA) is 66.4 Å². The summed E-state index contributed by atoms with van der Waals surface area (Å²) < 4.78 is 0. The maximum Gasteiger partial charge on any atom is 0.326 e. The summed E-state index contributed by atoms with van der Waals surface area (Å²) in [6, 6.07) is 6.65. The summed E-state index contributed by atoms with van der Waals surface area (Å²) in [6.45, 7) is 1.99. The fraction of sp³-hybridized carbons (Fsp3) is 0.467. The van der Waals surface area contributed by atoms with E-state index in [1.54, 1.807) is 6.07 Å². The van der Waals surface area contributed by atoms with Gasteiger partial charge >= 0.3 is 5.97 Å². The van der Waals surface area contributed by atoms with E-state index in [9.17, 15) is 9.59 Å². The van der Waals surface area contributed by atoms with Crippen LogP contribution in [0.4, 0.5) is 0 Å². The maximum absolute atomic E-state index is 11.8. The minimum atomic E-state index is -0.976. The molecule has 4 nitrogen and oxygen atoms in total. The van der Waals surface area contributed by atoms with Gasteiger partial charge in [0, 0.05) is 17.1 Å². The normalized spacial score (nSPS) is 11.9. The first-order valence-corrected chi connectivity index (χ1v) is 8.30. The van der Waals surface area contributed by atoms with E-state index in [0.29, 0.717) is 17.2 Å². The fourth-order valence-electron chi connectivity index (χ4n) is 1.75. The second-order valence-electron chi connectivity index (χ2n) is 4.63. The second kappa shape index (κ2) is 9.68. The van der Waals surface area contributed by atoms with Crippen molar-refractivity contribution in [1.29, 1.82) is 0 Å². The van der Waals surface area contributed by atoms with E-state index in [0.717, 1.165) is 17.7 Å². The zero-order chi connectivity index (χ0) is 15.7. The van der Waals surface area contributed by atoms with Gasteiger partial charge < -0.3 is 10.4 Å². The lowest BCUT2D eigenvalue weighted by Crippen LogP contribution is -2.40. The average Bonchev–Trinajstić information content (AvgIpc) is 2.45. The van der Waals surface area contributed by atoms with Gasteiger partial charge in [0.25, 0.3) is 0 Å². The van der Waals surface area contributed by atoms with Gasteiger partial charge in [0.2, 0.25) is 5.91 Å². The lowest BCUT2D eigenvalue weighted by molar-refractivity contribution is -0.142. The van der Waals surface area contributed by atoms with Gasteiger partial charge in [-0.2, -0.15) is 0 Å². The number of carbonyl (C=O) groups excluding carboxylic acids is 1. The molecule has 0 bridgehead atoms. The van der Waals surface area contributed by atoms with E-state index in [1.165, 1.54) is 11.8 Å². The number of nitrogens with one attached hydrogen (secondary N) is 1. The number of unbranched alkanes of at least 4 members (excludes halogenated alkanes) is 1. The van der Waals surface area contributed by atoms with Crippen LogP contribution >= 0.6 is 23.4 Å². The minimum Gasteiger partial charge on any atom is -0.480 e. The molecule has 0 saturated heterocycles. The molecule has 0 aliphatic rings. The molecular formula is C15H20ClNO3S. The second-order valence-corrected chi connectivity index (χ2v) is 6.17. The Morgan fingerprint density at radius 3 is 2.71 bits per heavy atom. The fourth-order valence-corrected chi connectivity index (χ4v) is 2.94. The van der Waals surface area contributed by atoms with Crippen molar-refractivity contribution in [3.63, 3.8) is 0 Å². The van der Waals surface area contributed by atoms with Crippen LogP contribution in [-0.2, 0) is 9.59 Å². The number of carboxylic acid groups (broad SMARTS) is 1. The average molecular weight is 330 g/mol. The predicted molar refractivity (Wildman–Crippen MR) is 85.9 cm³/mol. The van der Waals surface area contributed by atoms with Gasteiger partial charge in [0.05, 0.1) is 5.02 Å². The van der Waals surface area contributed by atoms with Crippen LogP contribution in [-0.4, -0.2) is 28.8 Å². The van der Waals surface area contributed by atoms with Crippen LogP contribution < -0.4 is 5.32 Å². The first kappa shape index (κ1) is 17.9. The van der Waals surface area contributed by atoms with Gasteiger partial charge in [-0.3, -0.25) is 4.79 Å². The lowest BCUT2D eigenvalue weighted by Gasteiger charge is -2.14. The van der Waals surface area contributed by atoms with Crippen molar-refractivity contribution in [1.82, 2.24) is 5.32 Å². The van der Waals surface area contributed by atoms with E-state index in [4.69, 9.17) is 16.7 Å². The molecule has 6 heteroatoms. The maximum atomic E-state index is 11.8. The summed E-state index contributed by atoms with van der Waals surface area (Å²) in [5.74, 6) is -0.649. The third-order valence-electron chi connectivity index (χ3n) is 2.90. The molecule has 116 valence electrons. The molecule has 0 radical (unpaired) electrons. The number of halogens is 1. The van der Waals surface area contributed by atoms with Crippen molar-refractivity contribution < 1.29 is 14.7 Å². The van der Waals surface area contributed by atoms with E-state index in [2.05, 4.69) is 5.32 Å². The van der Waals surface area contributed by atoms with E-state index < -0.39 is 12.0 Å². The SMILES string of the molecule is CCCCC(NC(=O)CCSc1ccccc1Cl)C(=O)O. The summed E-state index contributed by atoms with van der Waals surface area (Å²) in [4.78, 5) is 23.7. The number of carbonyl (C=O) groups is 2. The third-order valence-corrected chi connectivity index (χ3v) is 4.42. The van der Waals surface area contributed by atoms with Gasteiger partial charge in [-0.25, -0.2) is 4.79 Å². The van der Waals surface area contributed by atoms with Crippen molar-refractivity contribution in [3.05, 3.63) is 29.3 Å². The molecule has 0 aliphatic heterocycles. The predicted octanol–water partition coefficient (Wildman–Crippen LogP) is 3.58. The Balaban J connectivity index is 2.36. The molecule has 1 aromatic rings. The smallest absolute Gasteiger partial charge is 0.326 e. The van der Waals surface area contributed by atoms with E-state index in [-0.39, 0.29) is 12.3 Å². The summed E-state index contributed by atoms with van der Waals surface area (Å²) >= 11 is 7.51. The molecule has 0 fully saturated rings. The van der Waals surface area contributed by atoms with Crippen LogP contribution in [0.2, 0.25) is 5.02 Å². The monoisotopic (exact) mass is 329 g/mol. The van der Waals surface area contributed by atoms with Crippen LogP contribution in [0, 0.1) is 0 Å². The van der Waals surface area contributed by atoms with Gasteiger partial charge in [-0.05, 0) is 18.6 Å². The Labute approximate surface area is 134 Å². The molecule has 1 amide bonds. The van der Waals surface area contributed by atoms with Gasteiger partial charge in [0.1, 0.15) is 6.04 Å². The largest absolute Gasteiger partial charge is 0.480 e. The van der Waals surface area contributed by atoms with Crippen LogP contribution in [0.3, 0.4) is 0 Å². The minimum absolute atomic E-state index is 0.238. The third kappa shape index (κ3) is 6.87. The molecule has 0 spiro atoms. The molecule has 0 heterocycles. The summed E-state index contributed by atoms with van der Waals surface area (Å²) in [7, 11) is 0. The molecule has 1 rings (SSSR count). The number of benzene rings is 1. The molecule has 21 heavy (non-hydrogen) atoms. The van der Waals surface area contributed by atoms with Gasteiger partial charge in [0.15, 0.2) is 0 Å². The van der Waals surface area contributed by atoms with Crippen LogP contribution in [0.25, 0.3) is 0 Å². The summed E-state index contributed by atoms with van der Waals surface area (Å²) in [6.07, 6.45) is 2.43. The molecule has 2 N–H and O–H groups in total. The standard InChI is InChI=1S/C15H20ClNO3S/c1-2-3-7-12(15(19)20)17-14(18)9-10-21-13-8-5-4-6-11(13)16/h4-6,8,12H,2-3,7,9-10H2,1H3,(H,17,18)(H,19,20). The van der Waals surface area contributed by atoms with Crippen LogP contribution in [0.1, 0.15) is 32.6 Å². The number of thioether (sulfide) groups is 1. The Hall–Kier alpha value is -1.20. The van der Waals surface area contributed by atoms with E-state index in [1.807, 2.05) is 25.1 Å². The molecule has 1 atom stereocenters. The highest BCUT2D eigenvalue weighted by molar-refractivity contribution is 7.99. The van der Waals surface area contributed by atoms with Crippen molar-refractivity contribution >= 4 is 35.2 Å². The summed E-state index contributed by atoms with van der Waals surface area (Å²) in [5.41, 5.74) is 0. The van der Waals surface area contributed by atoms with Crippen LogP contribution in [0.5, 0.6) is 0 Å². The lowest BCUT2D eigenvalue weighted by atomic mass is 10.1. The highest BCUT2D eigenvalue weighted by Crippen LogP contribution is 2.26. The molecule has 0 aliphatic carbocycles. The Bertz CT molecular complexity index is 482. The van der Waals surface area contributed by atoms with Gasteiger partial charge in [-0.15, -0.1) is 11.8 Å². The molecule has 1 unspecified atom stereocenters. The van der Waals surface area contributed by atoms with Crippen molar-refractivity contribution in [2.75, 3.05) is 5.75 Å². The van der Waals surface area contributed by atoms with E-state index >= 15 is 0 Å². The first-order chi connectivity index (χ1) is 10.0. The van der Waals surface area contributed by atoms with Crippen LogP contribution in [0.15, 0.2) is 29.2 Å².